The minimum Gasteiger partial charge on any atom is -0.366 e. The summed E-state index contributed by atoms with van der Waals surface area (Å²) < 4.78 is 17.4. The van der Waals surface area contributed by atoms with E-state index in [1.807, 2.05) is 6.92 Å². The number of hydrogen-bond acceptors (Lipinski definition) is 6. The maximum Gasteiger partial charge on any atom is 0.330 e. The number of imidazole rings is 1. The topological polar surface area (TPSA) is 132 Å². The van der Waals surface area contributed by atoms with Crippen LogP contribution in [0.4, 0.5) is 16.0 Å². The summed E-state index contributed by atoms with van der Waals surface area (Å²) in [5.41, 5.74) is 6.50. The van der Waals surface area contributed by atoms with E-state index in [1.54, 1.807) is 24.7 Å². The van der Waals surface area contributed by atoms with Crippen LogP contribution in [-0.2, 0) is 7.05 Å². The molecular formula is C22H24FN7O2. The summed E-state index contributed by atoms with van der Waals surface area (Å²) >= 11 is 0. The zero-order chi connectivity index (χ0) is 23.2. The normalized spacial score (nSPS) is 20.8. The third-order valence-electron chi connectivity index (χ3n) is 6.35. The summed E-state index contributed by atoms with van der Waals surface area (Å²) in [6.45, 7) is 3.66. The number of carbonyl (C=O) groups excluding carboxylic acids is 1. The maximum atomic E-state index is 14.2. The summed E-state index contributed by atoms with van der Waals surface area (Å²) in [4.78, 5) is 33.2. The number of nitrogens with zero attached hydrogens (tertiary/aromatic N) is 5. The van der Waals surface area contributed by atoms with Crippen molar-refractivity contribution < 1.29 is 9.18 Å². The first kappa shape index (κ1) is 21.5. The summed E-state index contributed by atoms with van der Waals surface area (Å²) in [5, 5.41) is 12.4. The molecule has 2 heterocycles. The second-order valence-corrected chi connectivity index (χ2v) is 8.65. The smallest absolute Gasteiger partial charge is 0.330 e. The van der Waals surface area contributed by atoms with Crippen molar-refractivity contribution in [2.45, 2.75) is 45.6 Å². The molecule has 0 unspecified atom stereocenters. The minimum atomic E-state index is -0.844. The van der Waals surface area contributed by atoms with Crippen LogP contribution < -0.4 is 16.7 Å². The summed E-state index contributed by atoms with van der Waals surface area (Å²) in [6, 6.07) is 4.85. The van der Waals surface area contributed by atoms with Crippen molar-refractivity contribution in [1.82, 2.24) is 19.1 Å². The Labute approximate surface area is 183 Å². The van der Waals surface area contributed by atoms with E-state index in [2.05, 4.69) is 21.4 Å². The Bertz CT molecular complexity index is 1330. The SMILES string of the molecule is Cc1cc(C(N)=O)c(F)cc1Nc1ncc2c(n1)n([C@H]1CC[C@](C)(C#N)CC1)c(=O)n2C. The van der Waals surface area contributed by atoms with Gasteiger partial charge < -0.3 is 11.1 Å². The van der Waals surface area contributed by atoms with Gasteiger partial charge in [0, 0.05) is 18.8 Å². The van der Waals surface area contributed by atoms with Gasteiger partial charge >= 0.3 is 5.69 Å². The zero-order valence-corrected chi connectivity index (χ0v) is 18.1. The molecule has 3 aromatic rings. The number of aryl methyl sites for hydroxylation is 2. The molecule has 1 saturated carbocycles. The van der Waals surface area contributed by atoms with E-state index in [4.69, 9.17) is 5.73 Å². The number of nitrogens with two attached hydrogens (primary N) is 1. The molecule has 0 radical (unpaired) electrons. The molecule has 0 bridgehead atoms. The second-order valence-electron chi connectivity index (χ2n) is 8.65. The van der Waals surface area contributed by atoms with E-state index >= 15 is 0 Å². The first-order chi connectivity index (χ1) is 15.1. The first-order valence-electron chi connectivity index (χ1n) is 10.4. The molecule has 2 aromatic heterocycles. The van der Waals surface area contributed by atoms with Gasteiger partial charge in [-0.1, -0.05) is 0 Å². The van der Waals surface area contributed by atoms with Gasteiger partial charge in [0.05, 0.1) is 23.2 Å². The summed E-state index contributed by atoms with van der Waals surface area (Å²) in [5.74, 6) is -1.39. The Balaban J connectivity index is 1.72. The van der Waals surface area contributed by atoms with Crippen LogP contribution in [0.25, 0.3) is 11.2 Å². The van der Waals surface area contributed by atoms with Crippen LogP contribution in [-0.4, -0.2) is 25.0 Å². The van der Waals surface area contributed by atoms with Crippen LogP contribution in [0.1, 0.15) is 54.6 Å². The number of anilines is 2. The lowest BCUT2D eigenvalue weighted by molar-refractivity contribution is 0.0996. The van der Waals surface area contributed by atoms with Crippen LogP contribution in [0.5, 0.6) is 0 Å². The lowest BCUT2D eigenvalue weighted by Gasteiger charge is -2.32. The quantitative estimate of drug-likeness (QED) is 0.645. The highest BCUT2D eigenvalue weighted by Gasteiger charge is 2.33. The molecule has 3 N–H and O–H groups in total. The highest BCUT2D eigenvalue weighted by atomic mass is 19.1. The second kappa shape index (κ2) is 7.75. The van der Waals surface area contributed by atoms with Crippen molar-refractivity contribution in [2.24, 2.45) is 18.2 Å². The van der Waals surface area contributed by atoms with E-state index in [1.165, 1.54) is 16.7 Å². The molecule has 0 atom stereocenters. The number of halogens is 1. The third kappa shape index (κ3) is 3.60. The number of aromatic nitrogens is 4. The fraction of sp³-hybridized carbons (Fsp3) is 0.409. The fourth-order valence-corrected chi connectivity index (χ4v) is 4.26. The molecule has 9 nitrogen and oxygen atoms in total. The van der Waals surface area contributed by atoms with Gasteiger partial charge in [-0.3, -0.25) is 13.9 Å². The average Bonchev–Trinajstić information content (AvgIpc) is 3.01. The Hall–Kier alpha value is -3.74. The van der Waals surface area contributed by atoms with E-state index in [0.29, 0.717) is 48.1 Å². The molecule has 1 amide bonds. The van der Waals surface area contributed by atoms with Gasteiger partial charge in [0.25, 0.3) is 5.91 Å². The number of fused-ring (bicyclic) bond motifs is 1. The number of nitrogens with one attached hydrogen (secondary N) is 1. The number of nitriles is 1. The Kier molecular flexibility index (Phi) is 5.20. The molecule has 1 fully saturated rings. The lowest BCUT2D eigenvalue weighted by Crippen LogP contribution is -2.31. The van der Waals surface area contributed by atoms with Crippen molar-refractivity contribution in [3.63, 3.8) is 0 Å². The van der Waals surface area contributed by atoms with Gasteiger partial charge in [0.1, 0.15) is 11.3 Å². The van der Waals surface area contributed by atoms with E-state index in [0.717, 1.165) is 0 Å². The number of rotatable bonds is 4. The molecular weight excluding hydrogens is 413 g/mol. The third-order valence-corrected chi connectivity index (χ3v) is 6.35. The zero-order valence-electron chi connectivity index (χ0n) is 18.1. The molecule has 10 heteroatoms. The van der Waals surface area contributed by atoms with Crippen molar-refractivity contribution in [3.8, 4) is 6.07 Å². The molecule has 1 aromatic carbocycles. The number of amides is 1. The van der Waals surface area contributed by atoms with Crippen LogP contribution in [0.2, 0.25) is 0 Å². The first-order valence-corrected chi connectivity index (χ1v) is 10.4. The molecule has 0 saturated heterocycles. The molecule has 0 spiro atoms. The number of hydrogen-bond donors (Lipinski definition) is 2. The van der Waals surface area contributed by atoms with E-state index in [9.17, 15) is 19.2 Å². The highest BCUT2D eigenvalue weighted by molar-refractivity contribution is 5.94. The van der Waals surface area contributed by atoms with E-state index in [-0.39, 0.29) is 28.7 Å². The predicted molar refractivity (Wildman–Crippen MR) is 117 cm³/mol. The van der Waals surface area contributed by atoms with Crippen LogP contribution in [0.3, 0.4) is 0 Å². The lowest BCUT2D eigenvalue weighted by atomic mass is 9.75. The number of benzene rings is 1. The maximum absolute atomic E-state index is 14.2. The molecule has 1 aliphatic carbocycles. The standard InChI is InChI=1S/C22H24FN7O2/c1-12-8-14(18(25)31)15(23)9-16(12)27-20-26-10-17-19(28-20)30(21(32)29(17)3)13-4-6-22(2,11-24)7-5-13/h8-10,13H,4-7H2,1-3H3,(H2,25,31)(H,26,27,28)/t13-,22-. The van der Waals surface area contributed by atoms with Crippen molar-refractivity contribution in [2.75, 3.05) is 5.32 Å². The molecule has 32 heavy (non-hydrogen) atoms. The van der Waals surface area contributed by atoms with Crippen LogP contribution in [0.15, 0.2) is 23.1 Å². The predicted octanol–water partition coefficient (Wildman–Crippen LogP) is 3.07. The van der Waals surface area contributed by atoms with Gasteiger partial charge in [-0.2, -0.15) is 10.2 Å². The van der Waals surface area contributed by atoms with Crippen LogP contribution in [0, 0.1) is 29.5 Å². The Morgan fingerprint density at radius 2 is 2.06 bits per heavy atom. The van der Waals surface area contributed by atoms with Gasteiger partial charge in [-0.05, 0) is 57.2 Å². The molecule has 4 rings (SSSR count). The molecule has 166 valence electrons. The highest BCUT2D eigenvalue weighted by Crippen LogP contribution is 2.40. The molecule has 1 aliphatic rings. The average molecular weight is 437 g/mol. The Morgan fingerprint density at radius 3 is 2.69 bits per heavy atom. The largest absolute Gasteiger partial charge is 0.366 e. The number of primary amides is 1. The number of carbonyl (C=O) groups is 1. The van der Waals surface area contributed by atoms with Gasteiger partial charge in [-0.15, -0.1) is 0 Å². The monoisotopic (exact) mass is 437 g/mol. The van der Waals surface area contributed by atoms with Gasteiger partial charge in [0.15, 0.2) is 5.65 Å². The van der Waals surface area contributed by atoms with Crippen molar-refractivity contribution >= 4 is 28.7 Å². The Morgan fingerprint density at radius 1 is 1.38 bits per heavy atom. The summed E-state index contributed by atoms with van der Waals surface area (Å²) in [7, 11) is 1.67. The van der Waals surface area contributed by atoms with Crippen molar-refractivity contribution in [1.29, 1.82) is 5.26 Å². The fourth-order valence-electron chi connectivity index (χ4n) is 4.26. The van der Waals surface area contributed by atoms with Crippen molar-refractivity contribution in [3.05, 3.63) is 45.8 Å². The van der Waals surface area contributed by atoms with Gasteiger partial charge in [0.2, 0.25) is 5.95 Å². The summed E-state index contributed by atoms with van der Waals surface area (Å²) in [6.07, 6.45) is 4.37. The van der Waals surface area contributed by atoms with Gasteiger partial charge in [-0.25, -0.2) is 14.2 Å². The minimum absolute atomic E-state index is 0.0654. The molecule has 0 aliphatic heterocycles. The van der Waals surface area contributed by atoms with E-state index < -0.39 is 11.7 Å². The van der Waals surface area contributed by atoms with Crippen LogP contribution >= 0.6 is 0 Å².